The van der Waals surface area contributed by atoms with Crippen LogP contribution in [0.4, 0.5) is 11.4 Å². The van der Waals surface area contributed by atoms with Gasteiger partial charge in [0.25, 0.3) is 10.1 Å². The molecule has 232 valence electrons. The number of fused-ring (bicyclic) bond motifs is 2. The lowest BCUT2D eigenvalue weighted by molar-refractivity contribution is -0.438. The van der Waals surface area contributed by atoms with Crippen LogP contribution < -0.4 is 10.2 Å². The van der Waals surface area contributed by atoms with E-state index in [1.165, 1.54) is 28.6 Å². The van der Waals surface area contributed by atoms with Crippen molar-refractivity contribution in [1.29, 1.82) is 0 Å². The molecule has 2 aliphatic heterocycles. The number of likely N-dealkylation sites (N-methyl/N-ethyl adjacent to an activating group) is 1. The van der Waals surface area contributed by atoms with Gasteiger partial charge in [0.2, 0.25) is 11.6 Å². The topological polar surface area (TPSA) is 89.7 Å². The second kappa shape index (κ2) is 13.0. The molecule has 2 aliphatic rings. The molecule has 0 spiro atoms. The fourth-order valence-corrected chi connectivity index (χ4v) is 7.05. The number of benzene rings is 2. The van der Waals surface area contributed by atoms with Crippen LogP contribution in [0.25, 0.3) is 0 Å². The number of amides is 1. The third-order valence-electron chi connectivity index (χ3n) is 8.75. The van der Waals surface area contributed by atoms with Gasteiger partial charge in [-0.1, -0.05) is 37.6 Å². The summed E-state index contributed by atoms with van der Waals surface area (Å²) in [5.74, 6) is 0.675. The minimum Gasteiger partial charge on any atom is -0.355 e. The molecule has 2 N–H and O–H groups in total. The normalized spacial score (nSPS) is 18.0. The molecule has 0 radical (unpaired) electrons. The summed E-state index contributed by atoms with van der Waals surface area (Å²) in [5, 5.41) is 2.86. The van der Waals surface area contributed by atoms with Crippen molar-refractivity contribution in [1.82, 2.24) is 5.32 Å². The van der Waals surface area contributed by atoms with Gasteiger partial charge in [0.15, 0.2) is 5.71 Å². The highest BCUT2D eigenvalue weighted by Crippen LogP contribution is 2.48. The fourth-order valence-electron chi connectivity index (χ4n) is 6.43. The molecule has 9 heteroatoms. The number of hydrogen-bond donors (Lipinski definition) is 3. The van der Waals surface area contributed by atoms with Crippen molar-refractivity contribution < 1.29 is 22.3 Å². The van der Waals surface area contributed by atoms with E-state index in [1.54, 1.807) is 12.1 Å². The van der Waals surface area contributed by atoms with Gasteiger partial charge in [0, 0.05) is 66.2 Å². The molecular weight excluding hydrogens is 579 g/mol. The summed E-state index contributed by atoms with van der Waals surface area (Å²) in [7, 11) is -4.33. The molecule has 43 heavy (non-hydrogen) atoms. The summed E-state index contributed by atoms with van der Waals surface area (Å²) in [6.45, 7) is 15.2. The number of unbranched alkanes of at least 4 members (excludes halogenated alkanes) is 2. The summed E-state index contributed by atoms with van der Waals surface area (Å²) in [4.78, 5) is 14.3. The van der Waals surface area contributed by atoms with Crippen LogP contribution in [0.5, 0.6) is 0 Å². The number of carbonyl (C=O) groups excluding carboxylic acids is 1. The van der Waals surface area contributed by atoms with Crippen molar-refractivity contribution in [2.24, 2.45) is 0 Å². The average Bonchev–Trinajstić information content (AvgIpc) is 3.29. The molecule has 0 aliphatic carbocycles. The first-order valence-electron chi connectivity index (χ1n) is 15.2. The molecule has 0 saturated heterocycles. The van der Waals surface area contributed by atoms with Gasteiger partial charge >= 0.3 is 0 Å². The molecule has 0 saturated carbocycles. The Labute approximate surface area is 262 Å². The van der Waals surface area contributed by atoms with Gasteiger partial charge in [-0.3, -0.25) is 9.35 Å². The van der Waals surface area contributed by atoms with Crippen LogP contribution in [0.15, 0.2) is 65.2 Å². The number of carbonyl (C=O) groups is 1. The van der Waals surface area contributed by atoms with E-state index in [2.05, 4.69) is 105 Å². The van der Waals surface area contributed by atoms with Crippen LogP contribution in [0.2, 0.25) is 0 Å². The zero-order valence-corrected chi connectivity index (χ0v) is 28.0. The summed E-state index contributed by atoms with van der Waals surface area (Å²) in [5.41, 5.74) is 7.28. The van der Waals surface area contributed by atoms with E-state index in [1.807, 2.05) is 0 Å². The van der Waals surface area contributed by atoms with Crippen molar-refractivity contribution in [2.45, 2.75) is 83.0 Å². The quantitative estimate of drug-likeness (QED) is 0.109. The van der Waals surface area contributed by atoms with Crippen LogP contribution in [-0.2, 0) is 25.7 Å². The van der Waals surface area contributed by atoms with Gasteiger partial charge in [-0.2, -0.15) is 25.6 Å². The lowest BCUT2D eigenvalue weighted by atomic mass is 9.81. The second-order valence-electron chi connectivity index (χ2n) is 12.5. The van der Waals surface area contributed by atoms with Gasteiger partial charge < -0.3 is 10.2 Å². The summed E-state index contributed by atoms with van der Waals surface area (Å²) in [6.07, 6.45) is 9.51. The third-order valence-corrected chi connectivity index (χ3v) is 9.83. The lowest BCUT2D eigenvalue weighted by Crippen LogP contribution is -2.28. The SMILES string of the molecule is CCN1C(=CC=CC2=[N+](CCCCCC(=O)NCCS)c3ccc(S(=O)(=O)O)cc3C2(C)C)C(C)(C)c2cc(C)ccc21. The van der Waals surface area contributed by atoms with Crippen molar-refractivity contribution in [3.63, 3.8) is 0 Å². The number of anilines is 1. The monoisotopic (exact) mass is 624 g/mol. The molecule has 4 rings (SSSR count). The molecule has 0 bridgehead atoms. The van der Waals surface area contributed by atoms with Gasteiger partial charge in [-0.15, -0.1) is 0 Å². The first-order chi connectivity index (χ1) is 20.2. The number of aryl methyl sites for hydroxylation is 1. The van der Waals surface area contributed by atoms with Crippen LogP contribution in [0, 0.1) is 6.92 Å². The van der Waals surface area contributed by atoms with E-state index in [0.717, 1.165) is 49.3 Å². The summed E-state index contributed by atoms with van der Waals surface area (Å²) >= 11 is 4.14. The molecular formula is C34H46N3O4S2+. The number of nitrogens with one attached hydrogen (secondary N) is 1. The zero-order chi connectivity index (χ0) is 31.6. The van der Waals surface area contributed by atoms with Crippen molar-refractivity contribution >= 4 is 45.7 Å². The number of thiol groups is 1. The Morgan fingerprint density at radius 2 is 1.79 bits per heavy atom. The number of allylic oxidation sites excluding steroid dienone is 4. The van der Waals surface area contributed by atoms with Crippen LogP contribution >= 0.6 is 12.6 Å². The molecule has 2 heterocycles. The van der Waals surface area contributed by atoms with E-state index in [-0.39, 0.29) is 16.2 Å². The largest absolute Gasteiger partial charge is 0.355 e. The van der Waals surface area contributed by atoms with Crippen LogP contribution in [0.3, 0.4) is 0 Å². The average molecular weight is 625 g/mol. The standard InChI is InChI=1S/C34H45N3O4S2/c1-7-36-28-17-15-24(2)22-26(28)33(3,4)30(36)12-11-13-31-34(5,6)27-23-25(43(39,40)41)16-18-29(27)37(31)20-10-8-9-14-32(38)35-19-21-42/h11-13,15-18,22-23H,7-10,14,19-21H2,1-6H3,(H2-,35,38,39,40,41,42)/p+1. The third kappa shape index (κ3) is 6.79. The van der Waals surface area contributed by atoms with E-state index in [9.17, 15) is 17.8 Å². The molecule has 7 nitrogen and oxygen atoms in total. The highest BCUT2D eigenvalue weighted by atomic mass is 32.2. The predicted octanol–water partition coefficient (Wildman–Crippen LogP) is 6.48. The number of nitrogens with zero attached hydrogens (tertiary/aromatic N) is 2. The highest BCUT2D eigenvalue weighted by molar-refractivity contribution is 7.85. The minimum atomic E-state index is -4.33. The molecule has 2 aromatic carbocycles. The fraction of sp³-hybridized carbons (Fsp3) is 0.471. The Kier molecular flexibility index (Phi) is 9.99. The Morgan fingerprint density at radius 3 is 2.47 bits per heavy atom. The Morgan fingerprint density at radius 1 is 1.05 bits per heavy atom. The maximum Gasteiger partial charge on any atom is 0.294 e. The summed E-state index contributed by atoms with van der Waals surface area (Å²) < 4.78 is 36.0. The van der Waals surface area contributed by atoms with Gasteiger partial charge in [0.1, 0.15) is 6.54 Å². The number of hydrogen-bond acceptors (Lipinski definition) is 5. The summed E-state index contributed by atoms with van der Waals surface area (Å²) in [6, 6.07) is 11.5. The first-order valence-corrected chi connectivity index (χ1v) is 17.2. The van der Waals surface area contributed by atoms with Gasteiger partial charge in [-0.25, -0.2) is 0 Å². The maximum atomic E-state index is 12.0. The molecule has 2 aromatic rings. The zero-order valence-electron chi connectivity index (χ0n) is 26.3. The molecule has 0 atom stereocenters. The molecule has 1 amide bonds. The lowest BCUT2D eigenvalue weighted by Gasteiger charge is -2.25. The van der Waals surface area contributed by atoms with E-state index >= 15 is 0 Å². The predicted molar refractivity (Wildman–Crippen MR) is 179 cm³/mol. The van der Waals surface area contributed by atoms with Crippen LogP contribution in [0.1, 0.15) is 77.0 Å². The van der Waals surface area contributed by atoms with E-state index in [0.29, 0.717) is 18.7 Å². The van der Waals surface area contributed by atoms with Crippen LogP contribution in [-0.4, -0.2) is 54.6 Å². The number of rotatable bonds is 12. The Hall–Kier alpha value is -2.88. The smallest absolute Gasteiger partial charge is 0.294 e. The molecule has 0 fully saturated rings. The van der Waals surface area contributed by atoms with Crippen molar-refractivity contribution in [2.75, 3.05) is 30.3 Å². The maximum absolute atomic E-state index is 12.0. The minimum absolute atomic E-state index is 0.0518. The van der Waals surface area contributed by atoms with Gasteiger partial charge in [0.05, 0.1) is 10.3 Å². The van der Waals surface area contributed by atoms with E-state index < -0.39 is 15.5 Å². The first kappa shape index (κ1) is 33.0. The van der Waals surface area contributed by atoms with Gasteiger partial charge in [-0.05, 0) is 70.4 Å². The Balaban J connectivity index is 1.66. The molecule has 0 unspecified atom stereocenters. The van der Waals surface area contributed by atoms with Crippen molar-refractivity contribution in [3.05, 3.63) is 77.0 Å². The van der Waals surface area contributed by atoms with E-state index in [4.69, 9.17) is 0 Å². The second-order valence-corrected chi connectivity index (χ2v) is 14.4. The highest BCUT2D eigenvalue weighted by Gasteiger charge is 2.45. The van der Waals surface area contributed by atoms with Crippen molar-refractivity contribution in [3.8, 4) is 0 Å². The molecule has 0 aromatic heterocycles. The Bertz CT molecular complexity index is 1590.